The van der Waals surface area contributed by atoms with Gasteiger partial charge >= 0.3 is 0 Å². The lowest BCUT2D eigenvalue weighted by atomic mass is 9.91. The lowest BCUT2D eigenvalue weighted by Crippen LogP contribution is -2.51. The molecule has 1 aromatic carbocycles. The third-order valence-corrected chi connectivity index (χ3v) is 5.32. The van der Waals surface area contributed by atoms with Crippen molar-refractivity contribution in [3.63, 3.8) is 0 Å². The number of hydrogen-bond donors (Lipinski definition) is 1. The van der Waals surface area contributed by atoms with Crippen LogP contribution in [0.3, 0.4) is 0 Å². The molecule has 2 aliphatic rings. The summed E-state index contributed by atoms with van der Waals surface area (Å²) in [6.07, 6.45) is 8.15. The summed E-state index contributed by atoms with van der Waals surface area (Å²) in [5.41, 5.74) is 3.18. The molecule has 1 aliphatic carbocycles. The molecule has 110 valence electrons. The van der Waals surface area contributed by atoms with Crippen molar-refractivity contribution < 1.29 is 0 Å². The van der Waals surface area contributed by atoms with E-state index in [1.54, 1.807) is 0 Å². The average Bonchev–Trinajstić information content (AvgIpc) is 2.66. The maximum absolute atomic E-state index is 3.79. The van der Waals surface area contributed by atoms with Crippen LogP contribution >= 0.6 is 0 Å². The Kier molecular flexibility index (Phi) is 4.02. The van der Waals surface area contributed by atoms with Crippen molar-refractivity contribution in [2.45, 2.75) is 70.5 Å². The molecule has 1 unspecified atom stereocenters. The van der Waals surface area contributed by atoms with E-state index in [1.807, 2.05) is 0 Å². The zero-order chi connectivity index (χ0) is 14.0. The Balaban J connectivity index is 1.93. The van der Waals surface area contributed by atoms with Crippen LogP contribution in [0.25, 0.3) is 0 Å². The third kappa shape index (κ3) is 2.71. The molecule has 20 heavy (non-hydrogen) atoms. The van der Waals surface area contributed by atoms with E-state index < -0.39 is 0 Å². The summed E-state index contributed by atoms with van der Waals surface area (Å²) in [6, 6.07) is 9.74. The minimum atomic E-state index is 0.233. The fourth-order valence-corrected chi connectivity index (χ4v) is 3.72. The van der Waals surface area contributed by atoms with E-state index in [0.29, 0.717) is 0 Å². The molecular weight excluding hydrogens is 244 g/mol. The average molecular weight is 272 g/mol. The Morgan fingerprint density at radius 2 is 1.95 bits per heavy atom. The maximum Gasteiger partial charge on any atom is 0.0414 e. The van der Waals surface area contributed by atoms with Gasteiger partial charge in [-0.25, -0.2) is 0 Å². The summed E-state index contributed by atoms with van der Waals surface area (Å²) in [5.74, 6) is 0. The van der Waals surface area contributed by atoms with Gasteiger partial charge in [-0.05, 0) is 37.8 Å². The van der Waals surface area contributed by atoms with Gasteiger partial charge in [-0.2, -0.15) is 0 Å². The van der Waals surface area contributed by atoms with Crippen LogP contribution in [0.5, 0.6) is 0 Å². The summed E-state index contributed by atoms with van der Waals surface area (Å²) in [6.45, 7) is 6.84. The monoisotopic (exact) mass is 272 g/mol. The second kappa shape index (κ2) is 5.77. The van der Waals surface area contributed by atoms with Crippen LogP contribution in [0.2, 0.25) is 0 Å². The summed E-state index contributed by atoms with van der Waals surface area (Å²) < 4.78 is 0. The van der Waals surface area contributed by atoms with Crippen LogP contribution in [0, 0.1) is 0 Å². The van der Waals surface area contributed by atoms with Gasteiger partial charge in [-0.1, -0.05) is 44.4 Å². The van der Waals surface area contributed by atoms with Crippen molar-refractivity contribution in [1.82, 2.24) is 5.32 Å². The molecule has 1 aromatic rings. The number of nitrogens with one attached hydrogen (secondary N) is 1. The molecule has 0 bridgehead atoms. The van der Waals surface area contributed by atoms with E-state index in [9.17, 15) is 0 Å². The predicted molar refractivity (Wildman–Crippen MR) is 86.2 cm³/mol. The van der Waals surface area contributed by atoms with Crippen molar-refractivity contribution >= 4 is 5.69 Å². The summed E-state index contributed by atoms with van der Waals surface area (Å²) >= 11 is 0. The van der Waals surface area contributed by atoms with Crippen LogP contribution in [-0.4, -0.2) is 18.1 Å². The maximum atomic E-state index is 3.79. The molecule has 1 heterocycles. The predicted octanol–water partition coefficient (Wildman–Crippen LogP) is 4.10. The quantitative estimate of drug-likeness (QED) is 0.872. The second-order valence-electron chi connectivity index (χ2n) is 6.82. The third-order valence-electron chi connectivity index (χ3n) is 5.32. The summed E-state index contributed by atoms with van der Waals surface area (Å²) in [7, 11) is 0. The normalized spacial score (nSPS) is 28.0. The van der Waals surface area contributed by atoms with Gasteiger partial charge in [0.05, 0.1) is 0 Å². The minimum absolute atomic E-state index is 0.233. The van der Waals surface area contributed by atoms with E-state index in [4.69, 9.17) is 0 Å². The highest BCUT2D eigenvalue weighted by Crippen LogP contribution is 2.33. The first-order chi connectivity index (χ1) is 9.72. The molecule has 2 heteroatoms. The molecule has 1 atom stereocenters. The van der Waals surface area contributed by atoms with Crippen molar-refractivity contribution in [3.8, 4) is 0 Å². The van der Waals surface area contributed by atoms with Gasteiger partial charge in [0.1, 0.15) is 0 Å². The molecule has 1 aliphatic heterocycles. The van der Waals surface area contributed by atoms with Crippen LogP contribution in [0.1, 0.15) is 57.9 Å². The fourth-order valence-electron chi connectivity index (χ4n) is 3.72. The van der Waals surface area contributed by atoms with E-state index in [-0.39, 0.29) is 5.54 Å². The van der Waals surface area contributed by atoms with Gasteiger partial charge < -0.3 is 10.2 Å². The van der Waals surface area contributed by atoms with Crippen molar-refractivity contribution in [1.29, 1.82) is 0 Å². The van der Waals surface area contributed by atoms with Gasteiger partial charge in [0.2, 0.25) is 0 Å². The van der Waals surface area contributed by atoms with Crippen LogP contribution in [0.15, 0.2) is 24.3 Å². The van der Waals surface area contributed by atoms with Gasteiger partial charge in [0.15, 0.2) is 0 Å². The Morgan fingerprint density at radius 3 is 2.70 bits per heavy atom. The first kappa shape index (κ1) is 13.9. The Hall–Kier alpha value is -1.02. The highest BCUT2D eigenvalue weighted by Gasteiger charge is 2.33. The fraction of sp³-hybridized carbons (Fsp3) is 0.667. The summed E-state index contributed by atoms with van der Waals surface area (Å²) in [4.78, 5) is 2.72. The smallest absolute Gasteiger partial charge is 0.0414 e. The standard InChI is InChI=1S/C18H28N2/c1-3-18(2)14-20(16-10-5-4-6-11-16)17-12-8-7-9-15(17)13-19-18/h7-9,12,16,19H,3-6,10-11,13-14H2,1-2H3. The summed E-state index contributed by atoms with van der Waals surface area (Å²) in [5, 5.41) is 3.79. The molecule has 1 fully saturated rings. The number of hydrogen-bond acceptors (Lipinski definition) is 2. The van der Waals surface area contributed by atoms with Crippen LogP contribution in [0.4, 0.5) is 5.69 Å². The van der Waals surface area contributed by atoms with Gasteiger partial charge in [-0.3, -0.25) is 0 Å². The number of nitrogens with zero attached hydrogens (tertiary/aromatic N) is 1. The second-order valence-corrected chi connectivity index (χ2v) is 6.82. The highest BCUT2D eigenvalue weighted by molar-refractivity contribution is 5.56. The Bertz CT molecular complexity index is 450. The lowest BCUT2D eigenvalue weighted by Gasteiger charge is -2.41. The number of anilines is 1. The minimum Gasteiger partial charge on any atom is -0.366 e. The zero-order valence-electron chi connectivity index (χ0n) is 13.0. The molecule has 3 rings (SSSR count). The molecule has 0 saturated heterocycles. The highest BCUT2D eigenvalue weighted by atomic mass is 15.2. The van der Waals surface area contributed by atoms with Crippen molar-refractivity contribution in [2.24, 2.45) is 0 Å². The number of benzene rings is 1. The van der Waals surface area contributed by atoms with Gasteiger partial charge in [0, 0.05) is 30.4 Å². The van der Waals surface area contributed by atoms with E-state index in [1.165, 1.54) is 49.8 Å². The first-order valence-electron chi connectivity index (χ1n) is 8.31. The topological polar surface area (TPSA) is 15.3 Å². The van der Waals surface area contributed by atoms with Crippen molar-refractivity contribution in [3.05, 3.63) is 29.8 Å². The lowest BCUT2D eigenvalue weighted by molar-refractivity contribution is 0.323. The van der Waals surface area contributed by atoms with E-state index in [2.05, 4.69) is 48.3 Å². The molecule has 1 saturated carbocycles. The van der Waals surface area contributed by atoms with Crippen molar-refractivity contribution in [2.75, 3.05) is 11.4 Å². The van der Waals surface area contributed by atoms with Crippen LogP contribution in [-0.2, 0) is 6.54 Å². The van der Waals surface area contributed by atoms with E-state index >= 15 is 0 Å². The van der Waals surface area contributed by atoms with Crippen LogP contribution < -0.4 is 10.2 Å². The molecule has 0 spiro atoms. The largest absolute Gasteiger partial charge is 0.366 e. The Morgan fingerprint density at radius 1 is 1.20 bits per heavy atom. The van der Waals surface area contributed by atoms with E-state index in [0.717, 1.165) is 19.1 Å². The zero-order valence-corrected chi connectivity index (χ0v) is 13.0. The molecule has 0 radical (unpaired) electrons. The molecule has 2 nitrogen and oxygen atoms in total. The molecular formula is C18H28N2. The van der Waals surface area contributed by atoms with Gasteiger partial charge in [-0.15, -0.1) is 0 Å². The van der Waals surface area contributed by atoms with Gasteiger partial charge in [0.25, 0.3) is 0 Å². The molecule has 1 N–H and O–H groups in total. The number of fused-ring (bicyclic) bond motifs is 1. The SMILES string of the molecule is CCC1(C)CN(C2CCCCC2)c2ccccc2CN1. The number of rotatable bonds is 2. The molecule has 0 aromatic heterocycles. The molecule has 0 amide bonds. The Labute approximate surface area is 123 Å². The first-order valence-corrected chi connectivity index (χ1v) is 8.31. The number of para-hydroxylation sites is 1.